The Morgan fingerprint density at radius 2 is 1.70 bits per heavy atom. The van der Waals surface area contributed by atoms with Crippen LogP contribution in [0.25, 0.3) is 0 Å². The smallest absolute Gasteiger partial charge is 0.330 e. The second-order valence-electron chi connectivity index (χ2n) is 8.35. The molecule has 2 aromatic carbocycles. The summed E-state index contributed by atoms with van der Waals surface area (Å²) in [4.78, 5) is 38.0. The van der Waals surface area contributed by atoms with E-state index in [1.807, 2.05) is 55.5 Å². The summed E-state index contributed by atoms with van der Waals surface area (Å²) >= 11 is 1.02. The molecular weight excluding hydrogens is 438 g/mol. The highest BCUT2D eigenvalue weighted by Gasteiger charge is 2.45. The van der Waals surface area contributed by atoms with Crippen molar-refractivity contribution in [1.29, 1.82) is 0 Å². The Morgan fingerprint density at radius 1 is 1.06 bits per heavy atom. The van der Waals surface area contributed by atoms with Crippen LogP contribution in [-0.4, -0.2) is 34.9 Å². The first-order valence-corrected chi connectivity index (χ1v) is 11.6. The van der Waals surface area contributed by atoms with Crippen molar-refractivity contribution in [3.63, 3.8) is 0 Å². The number of carbonyl (C=O) groups excluding carboxylic acids is 2. The number of Topliss-reactive ketones (excluding diaryl/α,β-unsaturated/α-hetero) is 1. The van der Waals surface area contributed by atoms with Crippen molar-refractivity contribution in [2.45, 2.75) is 38.6 Å². The molecule has 2 N–H and O–H groups in total. The third-order valence-corrected chi connectivity index (χ3v) is 7.21. The third kappa shape index (κ3) is 4.68. The molecule has 0 saturated heterocycles. The fourth-order valence-corrected chi connectivity index (χ4v) is 5.08. The lowest BCUT2D eigenvalue weighted by molar-refractivity contribution is -0.144. The summed E-state index contributed by atoms with van der Waals surface area (Å²) < 4.78 is 5.87. The Morgan fingerprint density at radius 3 is 2.30 bits per heavy atom. The molecule has 0 fully saturated rings. The maximum Gasteiger partial charge on any atom is 0.330 e. The summed E-state index contributed by atoms with van der Waals surface area (Å²) in [6.45, 7) is 3.81. The molecule has 3 aromatic rings. The number of ether oxygens (including phenoxy) is 1. The molecule has 1 amide bonds. The number of aryl methyl sites for hydroxylation is 1. The Bertz CT molecular complexity index is 1200. The molecule has 0 spiro atoms. The second-order valence-corrected chi connectivity index (χ2v) is 9.40. The zero-order valence-electron chi connectivity index (χ0n) is 18.5. The highest BCUT2D eigenvalue weighted by molar-refractivity contribution is 7.16. The molecule has 0 radical (unpaired) electrons. The molecule has 0 unspecified atom stereocenters. The quantitative estimate of drug-likeness (QED) is 0.488. The third-order valence-electron chi connectivity index (χ3n) is 6.00. The van der Waals surface area contributed by atoms with E-state index in [0.29, 0.717) is 23.7 Å². The number of benzene rings is 2. The number of rotatable bonds is 8. The number of thiophene rings is 1. The van der Waals surface area contributed by atoms with Crippen LogP contribution in [0.1, 0.15) is 48.5 Å². The Kier molecular flexibility index (Phi) is 6.33. The molecule has 0 aliphatic heterocycles. The van der Waals surface area contributed by atoms with Gasteiger partial charge in [-0.05, 0) is 29.2 Å². The second kappa shape index (κ2) is 9.19. The van der Waals surface area contributed by atoms with Crippen LogP contribution in [0.2, 0.25) is 0 Å². The van der Waals surface area contributed by atoms with E-state index in [-0.39, 0.29) is 23.5 Å². The fraction of sp³-hybridized carbons (Fsp3) is 0.269. The van der Waals surface area contributed by atoms with Crippen molar-refractivity contribution in [1.82, 2.24) is 5.32 Å². The average molecular weight is 464 g/mol. The van der Waals surface area contributed by atoms with E-state index >= 15 is 0 Å². The molecule has 6 nitrogen and oxygen atoms in total. The van der Waals surface area contributed by atoms with Crippen molar-refractivity contribution in [2.24, 2.45) is 0 Å². The minimum Gasteiger partial charge on any atom is -0.492 e. The first-order chi connectivity index (χ1) is 15.8. The van der Waals surface area contributed by atoms with Crippen molar-refractivity contribution < 1.29 is 24.2 Å². The first-order valence-electron chi connectivity index (χ1n) is 10.7. The van der Waals surface area contributed by atoms with E-state index in [0.717, 1.165) is 33.6 Å². The summed E-state index contributed by atoms with van der Waals surface area (Å²) in [5, 5.41) is 12.7. The van der Waals surface area contributed by atoms with Gasteiger partial charge in [0, 0.05) is 32.3 Å². The van der Waals surface area contributed by atoms with Crippen molar-refractivity contribution in [2.75, 3.05) is 6.61 Å². The molecule has 0 bridgehead atoms. The lowest BCUT2D eigenvalue weighted by Crippen LogP contribution is -2.55. The van der Waals surface area contributed by atoms with Gasteiger partial charge < -0.3 is 15.2 Å². The predicted molar refractivity (Wildman–Crippen MR) is 126 cm³/mol. The lowest BCUT2D eigenvalue weighted by Gasteiger charge is -2.25. The summed E-state index contributed by atoms with van der Waals surface area (Å²) in [5.41, 5.74) is 2.73. The van der Waals surface area contributed by atoms with Crippen LogP contribution < -0.4 is 10.1 Å². The number of ketones is 1. The minimum atomic E-state index is -1.41. The van der Waals surface area contributed by atoms with Gasteiger partial charge in [-0.3, -0.25) is 9.59 Å². The topological polar surface area (TPSA) is 92.7 Å². The SMILES string of the molecule is CC(=O)c1sc(C(=O)NC2(C(=O)O)Cc3ccccc3C2)cc1OCCc1ccccc1C. The Labute approximate surface area is 196 Å². The van der Waals surface area contributed by atoms with Gasteiger partial charge in [-0.1, -0.05) is 48.5 Å². The van der Waals surface area contributed by atoms with Gasteiger partial charge >= 0.3 is 5.97 Å². The van der Waals surface area contributed by atoms with E-state index in [4.69, 9.17) is 4.74 Å². The molecule has 33 heavy (non-hydrogen) atoms. The minimum absolute atomic E-state index is 0.203. The van der Waals surface area contributed by atoms with Gasteiger partial charge in [0.15, 0.2) is 5.78 Å². The number of carboxylic acids is 1. The summed E-state index contributed by atoms with van der Waals surface area (Å²) in [7, 11) is 0. The van der Waals surface area contributed by atoms with Crippen LogP contribution in [-0.2, 0) is 24.1 Å². The van der Waals surface area contributed by atoms with E-state index in [1.54, 1.807) is 0 Å². The van der Waals surface area contributed by atoms with E-state index < -0.39 is 17.4 Å². The van der Waals surface area contributed by atoms with Crippen LogP contribution in [0.4, 0.5) is 0 Å². The highest BCUT2D eigenvalue weighted by Crippen LogP contribution is 2.33. The Balaban J connectivity index is 1.50. The van der Waals surface area contributed by atoms with Crippen LogP contribution >= 0.6 is 11.3 Å². The number of hydrogen-bond donors (Lipinski definition) is 2. The number of hydrogen-bond acceptors (Lipinski definition) is 5. The summed E-state index contributed by atoms with van der Waals surface area (Å²) in [6.07, 6.45) is 1.10. The van der Waals surface area contributed by atoms with Gasteiger partial charge in [-0.2, -0.15) is 0 Å². The number of fused-ring (bicyclic) bond motifs is 1. The molecule has 0 saturated carbocycles. The zero-order chi connectivity index (χ0) is 23.6. The lowest BCUT2D eigenvalue weighted by atomic mass is 9.95. The van der Waals surface area contributed by atoms with Gasteiger partial charge in [0.05, 0.1) is 11.5 Å². The van der Waals surface area contributed by atoms with E-state index in [1.165, 1.54) is 13.0 Å². The van der Waals surface area contributed by atoms with Crippen LogP contribution in [0.15, 0.2) is 54.6 Å². The fourth-order valence-electron chi connectivity index (χ4n) is 4.19. The number of carboxylic acid groups (broad SMARTS) is 1. The van der Waals surface area contributed by atoms with E-state index in [2.05, 4.69) is 5.32 Å². The molecule has 1 aliphatic rings. The van der Waals surface area contributed by atoms with Crippen molar-refractivity contribution in [3.05, 3.63) is 86.6 Å². The van der Waals surface area contributed by atoms with Gasteiger partial charge in [-0.25, -0.2) is 4.79 Å². The van der Waals surface area contributed by atoms with Crippen LogP contribution in [0, 0.1) is 6.92 Å². The monoisotopic (exact) mass is 463 g/mol. The number of nitrogens with one attached hydrogen (secondary N) is 1. The zero-order valence-corrected chi connectivity index (χ0v) is 19.3. The molecule has 170 valence electrons. The normalized spacial score (nSPS) is 13.9. The largest absolute Gasteiger partial charge is 0.492 e. The molecule has 1 aliphatic carbocycles. The summed E-state index contributed by atoms with van der Waals surface area (Å²) in [5.74, 6) is -1.45. The van der Waals surface area contributed by atoms with Crippen molar-refractivity contribution in [3.8, 4) is 5.75 Å². The Hall–Kier alpha value is -3.45. The maximum absolute atomic E-state index is 13.1. The average Bonchev–Trinajstić information content (AvgIpc) is 3.37. The van der Waals surface area contributed by atoms with Crippen LogP contribution in [0.5, 0.6) is 5.75 Å². The maximum atomic E-state index is 13.1. The van der Waals surface area contributed by atoms with Crippen molar-refractivity contribution >= 4 is 29.0 Å². The van der Waals surface area contributed by atoms with Crippen LogP contribution in [0.3, 0.4) is 0 Å². The molecular formula is C26H25NO5S. The number of amides is 1. The predicted octanol–water partition coefficient (Wildman–Crippen LogP) is 4.23. The molecule has 1 heterocycles. The van der Waals surface area contributed by atoms with Gasteiger partial charge in [-0.15, -0.1) is 11.3 Å². The number of aliphatic carboxylic acids is 1. The van der Waals surface area contributed by atoms with Gasteiger partial charge in [0.25, 0.3) is 5.91 Å². The van der Waals surface area contributed by atoms with Gasteiger partial charge in [0.2, 0.25) is 0 Å². The number of carbonyl (C=O) groups is 3. The molecule has 7 heteroatoms. The molecule has 4 rings (SSSR count). The standard InChI is InChI=1S/C26H25NO5S/c1-16-7-3-4-8-18(16)11-12-32-21-13-22(33-23(21)17(2)28)24(29)27-26(25(30)31)14-19-9-5-6-10-20(19)15-26/h3-10,13H,11-12,14-15H2,1-2H3,(H,27,29)(H,30,31). The van der Waals surface area contributed by atoms with E-state index in [9.17, 15) is 19.5 Å². The van der Waals surface area contributed by atoms with Gasteiger partial charge in [0.1, 0.15) is 16.2 Å². The summed E-state index contributed by atoms with van der Waals surface area (Å²) in [6, 6.07) is 17.0. The molecule has 0 atom stereocenters. The first kappa shape index (κ1) is 22.7. The molecule has 1 aromatic heterocycles. The highest BCUT2D eigenvalue weighted by atomic mass is 32.1.